The van der Waals surface area contributed by atoms with Gasteiger partial charge in [-0.1, -0.05) is 67.8 Å². The molecule has 0 unspecified atom stereocenters. The highest BCUT2D eigenvalue weighted by Crippen LogP contribution is 2.22. The van der Waals surface area contributed by atoms with Crippen LogP contribution in [0.1, 0.15) is 27.0 Å². The van der Waals surface area contributed by atoms with Crippen LogP contribution in [-0.4, -0.2) is 5.91 Å². The Kier molecular flexibility index (Phi) is 4.89. The van der Waals surface area contributed by atoms with Crippen molar-refractivity contribution in [3.05, 3.63) is 83.9 Å². The molecule has 0 fully saturated rings. The topological polar surface area (TPSA) is 52.9 Å². The first-order valence-electron chi connectivity index (χ1n) is 6.84. The first-order chi connectivity index (χ1) is 10.7. The summed E-state index contributed by atoms with van der Waals surface area (Å²) in [6.45, 7) is 7.85. The summed E-state index contributed by atoms with van der Waals surface area (Å²) >= 11 is 0. The fourth-order valence-corrected chi connectivity index (χ4v) is 2.17. The molecule has 3 heteroatoms. The second kappa shape index (κ2) is 7.05. The van der Waals surface area contributed by atoms with Crippen molar-refractivity contribution in [1.29, 1.82) is 5.26 Å². The van der Waals surface area contributed by atoms with E-state index in [4.69, 9.17) is 5.26 Å². The van der Waals surface area contributed by atoms with Crippen molar-refractivity contribution < 1.29 is 4.79 Å². The lowest BCUT2D eigenvalue weighted by Gasteiger charge is -2.12. The van der Waals surface area contributed by atoms with Gasteiger partial charge < -0.3 is 5.32 Å². The van der Waals surface area contributed by atoms with E-state index in [0.29, 0.717) is 23.2 Å². The van der Waals surface area contributed by atoms with Crippen LogP contribution in [0.5, 0.6) is 0 Å². The number of nitrogens with one attached hydrogen (secondary N) is 1. The molecule has 0 spiro atoms. The maximum absolute atomic E-state index is 12.5. The highest BCUT2D eigenvalue weighted by atomic mass is 16.1. The van der Waals surface area contributed by atoms with E-state index in [1.165, 1.54) is 0 Å². The Hall–Kier alpha value is -3.12. The van der Waals surface area contributed by atoms with Crippen LogP contribution in [0.2, 0.25) is 0 Å². The van der Waals surface area contributed by atoms with Gasteiger partial charge in [-0.25, -0.2) is 0 Å². The second-order valence-corrected chi connectivity index (χ2v) is 4.73. The van der Waals surface area contributed by atoms with E-state index in [9.17, 15) is 4.79 Å². The molecule has 1 N–H and O–H groups in total. The van der Waals surface area contributed by atoms with Gasteiger partial charge >= 0.3 is 0 Å². The quantitative estimate of drug-likeness (QED) is 0.851. The van der Waals surface area contributed by atoms with Gasteiger partial charge in [0.1, 0.15) is 0 Å². The number of nitrogens with zero attached hydrogens (tertiary/aromatic N) is 1. The van der Waals surface area contributed by atoms with Crippen LogP contribution in [0.25, 0.3) is 11.6 Å². The summed E-state index contributed by atoms with van der Waals surface area (Å²) in [6, 6.07) is 16.9. The van der Waals surface area contributed by atoms with Crippen molar-refractivity contribution in [2.24, 2.45) is 0 Å². The number of benzene rings is 2. The van der Waals surface area contributed by atoms with Gasteiger partial charge in [0.25, 0.3) is 5.91 Å². The summed E-state index contributed by atoms with van der Waals surface area (Å²) in [5, 5.41) is 11.9. The van der Waals surface area contributed by atoms with Gasteiger partial charge in [-0.15, -0.1) is 0 Å². The third kappa shape index (κ3) is 3.31. The van der Waals surface area contributed by atoms with Gasteiger partial charge in [-0.05, 0) is 11.1 Å². The van der Waals surface area contributed by atoms with E-state index in [0.717, 1.165) is 5.56 Å². The van der Waals surface area contributed by atoms with Gasteiger partial charge in [0.2, 0.25) is 0 Å². The van der Waals surface area contributed by atoms with E-state index in [1.54, 1.807) is 24.3 Å². The third-order valence-electron chi connectivity index (χ3n) is 3.30. The Balaban J connectivity index is 2.30. The SMILES string of the molecule is C=Cc1cccc(C(=C)C#N)c1C(=O)NCc1ccccc1. The van der Waals surface area contributed by atoms with E-state index in [2.05, 4.69) is 18.5 Å². The molecule has 0 aliphatic heterocycles. The summed E-state index contributed by atoms with van der Waals surface area (Å²) in [5.41, 5.74) is 2.91. The van der Waals surface area contributed by atoms with E-state index in [1.807, 2.05) is 36.4 Å². The summed E-state index contributed by atoms with van der Waals surface area (Å²) in [6.07, 6.45) is 1.60. The fraction of sp³-hybridized carbons (Fsp3) is 0.0526. The molecule has 0 aliphatic rings. The van der Waals surface area contributed by atoms with Crippen molar-refractivity contribution in [1.82, 2.24) is 5.32 Å². The first-order valence-corrected chi connectivity index (χ1v) is 6.84. The average molecular weight is 288 g/mol. The Morgan fingerprint density at radius 2 is 1.91 bits per heavy atom. The lowest BCUT2D eigenvalue weighted by molar-refractivity contribution is 0.0950. The molecule has 2 rings (SSSR count). The molecule has 0 atom stereocenters. The minimum absolute atomic E-state index is 0.245. The Morgan fingerprint density at radius 3 is 2.55 bits per heavy atom. The summed E-state index contributed by atoms with van der Waals surface area (Å²) in [5.74, 6) is -0.245. The molecular weight excluding hydrogens is 272 g/mol. The Morgan fingerprint density at radius 1 is 1.18 bits per heavy atom. The number of hydrogen-bond donors (Lipinski definition) is 1. The highest BCUT2D eigenvalue weighted by Gasteiger charge is 2.16. The third-order valence-corrected chi connectivity index (χ3v) is 3.30. The molecule has 0 aromatic heterocycles. The standard InChI is InChI=1S/C19H16N2O/c1-3-16-10-7-11-17(14(2)12-20)18(16)19(22)21-13-15-8-5-4-6-9-15/h3-11H,1-2,13H2,(H,21,22). The zero-order chi connectivity index (χ0) is 15.9. The van der Waals surface area contributed by atoms with Crippen molar-refractivity contribution in [3.63, 3.8) is 0 Å². The average Bonchev–Trinajstić information content (AvgIpc) is 2.59. The lowest BCUT2D eigenvalue weighted by atomic mass is 9.96. The molecule has 0 radical (unpaired) electrons. The monoisotopic (exact) mass is 288 g/mol. The van der Waals surface area contributed by atoms with Gasteiger partial charge in [-0.2, -0.15) is 5.26 Å². The van der Waals surface area contributed by atoms with E-state index < -0.39 is 0 Å². The number of amides is 1. The predicted octanol–water partition coefficient (Wildman–Crippen LogP) is 3.80. The number of hydrogen-bond acceptors (Lipinski definition) is 2. The molecular formula is C19H16N2O. The van der Waals surface area contributed by atoms with Crippen LogP contribution < -0.4 is 5.32 Å². The number of rotatable bonds is 5. The van der Waals surface area contributed by atoms with E-state index >= 15 is 0 Å². The van der Waals surface area contributed by atoms with Crippen LogP contribution in [0.3, 0.4) is 0 Å². The smallest absolute Gasteiger partial charge is 0.252 e. The van der Waals surface area contributed by atoms with Crippen molar-refractivity contribution >= 4 is 17.6 Å². The molecule has 0 bridgehead atoms. The summed E-state index contributed by atoms with van der Waals surface area (Å²) in [4.78, 5) is 12.5. The van der Waals surface area contributed by atoms with Gasteiger partial charge in [-0.3, -0.25) is 4.79 Å². The number of allylic oxidation sites excluding steroid dienone is 1. The molecule has 22 heavy (non-hydrogen) atoms. The largest absolute Gasteiger partial charge is 0.348 e. The molecule has 2 aromatic carbocycles. The Bertz CT molecular complexity index is 755. The summed E-state index contributed by atoms with van der Waals surface area (Å²) in [7, 11) is 0. The molecule has 2 aromatic rings. The zero-order valence-electron chi connectivity index (χ0n) is 12.2. The van der Waals surface area contributed by atoms with E-state index in [-0.39, 0.29) is 11.5 Å². The maximum Gasteiger partial charge on any atom is 0.252 e. The molecule has 0 saturated carbocycles. The number of carbonyl (C=O) groups is 1. The number of nitriles is 1. The molecule has 0 saturated heterocycles. The van der Waals surface area contributed by atoms with Crippen LogP contribution in [0.4, 0.5) is 0 Å². The fourth-order valence-electron chi connectivity index (χ4n) is 2.17. The van der Waals surface area contributed by atoms with Crippen LogP contribution in [-0.2, 0) is 6.54 Å². The Labute approximate surface area is 130 Å². The zero-order valence-corrected chi connectivity index (χ0v) is 12.2. The lowest BCUT2D eigenvalue weighted by Crippen LogP contribution is -2.24. The van der Waals surface area contributed by atoms with Gasteiger partial charge in [0.05, 0.1) is 17.2 Å². The minimum atomic E-state index is -0.245. The summed E-state index contributed by atoms with van der Waals surface area (Å²) < 4.78 is 0. The van der Waals surface area contributed by atoms with Crippen LogP contribution >= 0.6 is 0 Å². The van der Waals surface area contributed by atoms with Crippen molar-refractivity contribution in [2.75, 3.05) is 0 Å². The molecule has 0 aliphatic carbocycles. The number of carbonyl (C=O) groups excluding carboxylic acids is 1. The molecule has 1 amide bonds. The first kappa shape index (κ1) is 15.3. The van der Waals surface area contributed by atoms with Gasteiger partial charge in [0.15, 0.2) is 0 Å². The molecule has 3 nitrogen and oxygen atoms in total. The normalized spacial score (nSPS) is 9.59. The van der Waals surface area contributed by atoms with Crippen LogP contribution in [0, 0.1) is 11.3 Å². The maximum atomic E-state index is 12.5. The highest BCUT2D eigenvalue weighted by molar-refractivity contribution is 6.03. The predicted molar refractivity (Wildman–Crippen MR) is 88.8 cm³/mol. The van der Waals surface area contributed by atoms with Crippen molar-refractivity contribution in [2.45, 2.75) is 6.54 Å². The second-order valence-electron chi connectivity index (χ2n) is 4.73. The van der Waals surface area contributed by atoms with Crippen LogP contribution in [0.15, 0.2) is 61.7 Å². The van der Waals surface area contributed by atoms with Crippen molar-refractivity contribution in [3.8, 4) is 6.07 Å². The van der Waals surface area contributed by atoms with Gasteiger partial charge in [0, 0.05) is 12.1 Å². The molecule has 108 valence electrons. The molecule has 0 heterocycles. The minimum Gasteiger partial charge on any atom is -0.348 e.